The van der Waals surface area contributed by atoms with Gasteiger partial charge in [-0.3, -0.25) is 9.98 Å². The molecule has 0 spiro atoms. The van der Waals surface area contributed by atoms with Crippen molar-refractivity contribution in [2.45, 2.75) is 58.9 Å². The van der Waals surface area contributed by atoms with Crippen LogP contribution >= 0.6 is 0 Å². The van der Waals surface area contributed by atoms with E-state index in [0.717, 1.165) is 11.3 Å². The minimum absolute atomic E-state index is 0. The van der Waals surface area contributed by atoms with Gasteiger partial charge in [0, 0.05) is 31.0 Å². The van der Waals surface area contributed by atoms with Crippen molar-refractivity contribution in [2.75, 3.05) is 0 Å². The van der Waals surface area contributed by atoms with E-state index in [9.17, 15) is 15.3 Å². The second kappa shape index (κ2) is 14.5. The number of rotatable bonds is 3. The Labute approximate surface area is 220 Å². The third-order valence-electron chi connectivity index (χ3n) is 4.86. The Morgan fingerprint density at radius 2 is 1.43 bits per heavy atom. The van der Waals surface area contributed by atoms with Gasteiger partial charge in [0.15, 0.2) is 0 Å². The Morgan fingerprint density at radius 3 is 1.94 bits per heavy atom. The molecule has 1 heterocycles. The summed E-state index contributed by atoms with van der Waals surface area (Å²) in [7, 11) is 0. The minimum Gasteiger partial charge on any atom is -2.00 e. The molecule has 0 unspecified atom stereocenters. The van der Waals surface area contributed by atoms with Crippen LogP contribution in [0.25, 0.3) is 0 Å². The van der Waals surface area contributed by atoms with Crippen LogP contribution in [0.1, 0.15) is 63.9 Å². The predicted octanol–water partition coefficient (Wildman–Crippen LogP) is 3.26. The molecule has 0 aliphatic rings. The molecule has 0 saturated heterocycles. The van der Waals surface area contributed by atoms with Crippen LogP contribution in [0.15, 0.2) is 65.8 Å². The molecule has 1 aromatic heterocycles. The van der Waals surface area contributed by atoms with Crippen LogP contribution in [0.4, 0.5) is 0 Å². The molecule has 191 valence electrons. The van der Waals surface area contributed by atoms with E-state index < -0.39 is 5.75 Å². The fraction of sp³-hybridized carbons (Fsp3) is 0.333. The average molecular weight is 517 g/mol. The SMILES string of the molecule is CC(C)(C)c1cc([O-])c([O-])c(C(C)(C)C)c1.O.[O-2].[O-]c1ccccc1C=NCc1ccccn1.[V]. The van der Waals surface area contributed by atoms with E-state index in [1.54, 1.807) is 24.5 Å². The number of hydrogen-bond acceptors (Lipinski definition) is 5. The first-order valence-corrected chi connectivity index (χ1v) is 10.6. The van der Waals surface area contributed by atoms with E-state index in [4.69, 9.17) is 0 Å². The van der Waals surface area contributed by atoms with Gasteiger partial charge in [0.1, 0.15) is 0 Å². The summed E-state index contributed by atoms with van der Waals surface area (Å²) in [6.07, 6.45) is 3.32. The van der Waals surface area contributed by atoms with Crippen molar-refractivity contribution in [3.8, 4) is 17.2 Å². The predicted molar refractivity (Wildman–Crippen MR) is 128 cm³/mol. The average Bonchev–Trinajstić information content (AvgIpc) is 2.71. The van der Waals surface area contributed by atoms with Gasteiger partial charge in [0.25, 0.3) is 0 Å². The van der Waals surface area contributed by atoms with Crippen LogP contribution in [0.5, 0.6) is 17.2 Å². The Bertz CT molecular complexity index is 1060. The van der Waals surface area contributed by atoms with Crippen molar-refractivity contribution < 1.29 is 44.8 Å². The summed E-state index contributed by atoms with van der Waals surface area (Å²) in [5, 5.41) is 34.8. The maximum Gasteiger partial charge on any atom is 0.0811 e. The van der Waals surface area contributed by atoms with E-state index in [0.29, 0.717) is 17.7 Å². The van der Waals surface area contributed by atoms with Gasteiger partial charge in [-0.15, -0.1) is 17.2 Å². The van der Waals surface area contributed by atoms with Crippen LogP contribution in [0.3, 0.4) is 0 Å². The fourth-order valence-electron chi connectivity index (χ4n) is 2.91. The van der Waals surface area contributed by atoms with E-state index in [1.807, 2.05) is 71.9 Å². The van der Waals surface area contributed by atoms with Crippen LogP contribution in [-0.2, 0) is 41.4 Å². The third kappa shape index (κ3) is 10.5. The molecule has 3 aromatic rings. The van der Waals surface area contributed by atoms with Crippen molar-refractivity contribution in [1.82, 2.24) is 4.98 Å². The monoisotopic (exact) mass is 516 g/mol. The summed E-state index contributed by atoms with van der Waals surface area (Å²) in [5.74, 6) is -0.759. The quantitative estimate of drug-likeness (QED) is 0.490. The zero-order valence-electron chi connectivity index (χ0n) is 21.0. The maximum atomic E-state index is 11.8. The summed E-state index contributed by atoms with van der Waals surface area (Å²) in [6, 6.07) is 15.9. The second-order valence-corrected chi connectivity index (χ2v) is 9.68. The molecule has 2 N–H and O–H groups in total. The van der Waals surface area contributed by atoms with Crippen molar-refractivity contribution >= 4 is 6.21 Å². The molecule has 0 fully saturated rings. The molecule has 7 nitrogen and oxygen atoms in total. The van der Waals surface area contributed by atoms with Crippen LogP contribution in [-0.4, -0.2) is 16.7 Å². The summed E-state index contributed by atoms with van der Waals surface area (Å²) in [6.45, 7) is 12.5. The van der Waals surface area contributed by atoms with Crippen molar-refractivity contribution in [1.29, 1.82) is 0 Å². The Kier molecular flexibility index (Phi) is 14.3. The Morgan fingerprint density at radius 1 is 0.829 bits per heavy atom. The zero-order chi connectivity index (χ0) is 23.9. The van der Waals surface area contributed by atoms with Gasteiger partial charge in [-0.1, -0.05) is 89.6 Å². The van der Waals surface area contributed by atoms with Crippen LogP contribution in [0.2, 0.25) is 0 Å². The van der Waals surface area contributed by atoms with Gasteiger partial charge in [-0.2, -0.15) is 0 Å². The molecule has 8 heteroatoms. The smallest absolute Gasteiger partial charge is 0.0811 e. The summed E-state index contributed by atoms with van der Waals surface area (Å²) >= 11 is 0. The van der Waals surface area contributed by atoms with Gasteiger partial charge in [0.2, 0.25) is 0 Å². The van der Waals surface area contributed by atoms with E-state index in [2.05, 4.69) is 9.98 Å². The van der Waals surface area contributed by atoms with E-state index in [-0.39, 0.29) is 51.8 Å². The number of pyridine rings is 1. The van der Waals surface area contributed by atoms with E-state index in [1.165, 1.54) is 12.1 Å². The molecule has 0 aliphatic carbocycles. The maximum absolute atomic E-state index is 11.8. The molecule has 0 bridgehead atoms. The van der Waals surface area contributed by atoms with Gasteiger partial charge in [0.05, 0.1) is 12.2 Å². The second-order valence-electron chi connectivity index (χ2n) is 9.68. The van der Waals surface area contributed by atoms with Gasteiger partial charge < -0.3 is 26.3 Å². The van der Waals surface area contributed by atoms with Crippen LogP contribution < -0.4 is 15.3 Å². The molecular formula is C27H33N2O5V-5. The largest absolute Gasteiger partial charge is 2.00 e. The molecule has 1 radical (unpaired) electrons. The van der Waals surface area contributed by atoms with Crippen molar-refractivity contribution in [2.24, 2.45) is 4.99 Å². The summed E-state index contributed by atoms with van der Waals surface area (Å²) in [5.41, 5.74) is 2.66. The molecule has 0 aliphatic heterocycles. The first-order valence-electron chi connectivity index (χ1n) is 10.6. The summed E-state index contributed by atoms with van der Waals surface area (Å²) < 4.78 is 0. The fourth-order valence-corrected chi connectivity index (χ4v) is 2.91. The first-order chi connectivity index (χ1) is 14.9. The third-order valence-corrected chi connectivity index (χ3v) is 4.86. The summed E-state index contributed by atoms with van der Waals surface area (Å²) in [4.78, 5) is 8.33. The Hall–Kier alpha value is -2.84. The molecule has 2 aromatic carbocycles. The molecule has 3 rings (SSSR count). The number of nitrogens with zero attached hydrogens (tertiary/aromatic N) is 2. The Balaban J connectivity index is 0. The standard InChI is InChI=1S/C14H22O2.C13H12N2O.H2O.O.V/c1-13(2,3)9-7-10(14(4,5)6)12(16)11(15)8-9;16-13-7-2-1-5-11(13)9-14-10-12-6-3-4-8-15-12;;;/h7-8,15-16H,1-6H3;1-9,16H,10H2;1H2;;/q;;;-2;/p-3. The number of aromatic nitrogens is 1. The number of aliphatic imine (C=N–C) groups is 1. The number of hydrogen-bond donors (Lipinski definition) is 0. The van der Waals surface area contributed by atoms with Gasteiger partial charge in [-0.25, -0.2) is 0 Å². The van der Waals surface area contributed by atoms with E-state index >= 15 is 0 Å². The van der Waals surface area contributed by atoms with Crippen molar-refractivity contribution in [3.63, 3.8) is 0 Å². The first kappa shape index (κ1) is 34.3. The topological polar surface area (TPSA) is 154 Å². The molecular weight excluding hydrogens is 483 g/mol. The molecule has 0 amide bonds. The minimum atomic E-state index is -0.391. The van der Waals surface area contributed by atoms with Crippen molar-refractivity contribution in [3.05, 3.63) is 83.2 Å². The molecule has 0 saturated carbocycles. The van der Waals surface area contributed by atoms with Gasteiger partial charge >= 0.3 is 0 Å². The number of para-hydroxylation sites is 1. The zero-order valence-corrected chi connectivity index (χ0v) is 22.4. The molecule has 0 atom stereocenters. The van der Waals surface area contributed by atoms with Gasteiger partial charge in [-0.05, 0) is 34.1 Å². The number of benzene rings is 2. The molecule has 35 heavy (non-hydrogen) atoms. The van der Waals surface area contributed by atoms with Crippen LogP contribution in [0, 0.1) is 0 Å². The normalized spacial score (nSPS) is 10.8.